The maximum atomic E-state index is 13.2. The lowest BCUT2D eigenvalue weighted by atomic mass is 10.0. The van der Waals surface area contributed by atoms with E-state index in [0.717, 1.165) is 5.56 Å². The molecule has 36 heavy (non-hydrogen) atoms. The van der Waals surface area contributed by atoms with Gasteiger partial charge < -0.3 is 19.4 Å². The van der Waals surface area contributed by atoms with Crippen LogP contribution < -0.4 is 10.1 Å². The first-order valence-corrected chi connectivity index (χ1v) is 12.0. The summed E-state index contributed by atoms with van der Waals surface area (Å²) in [5, 5.41) is 3.79. The van der Waals surface area contributed by atoms with Gasteiger partial charge in [0.05, 0.1) is 18.2 Å². The zero-order valence-corrected chi connectivity index (χ0v) is 22.3. The second kappa shape index (κ2) is 11.6. The van der Waals surface area contributed by atoms with Gasteiger partial charge in [-0.2, -0.15) is 0 Å². The lowest BCUT2D eigenvalue weighted by Crippen LogP contribution is -2.43. The van der Waals surface area contributed by atoms with Gasteiger partial charge in [-0.25, -0.2) is 4.79 Å². The summed E-state index contributed by atoms with van der Waals surface area (Å²) in [4.78, 5) is 37.9. The number of amides is 1. The minimum absolute atomic E-state index is 0.190. The first-order valence-electron chi connectivity index (χ1n) is 11.2. The summed E-state index contributed by atoms with van der Waals surface area (Å²) in [6.45, 7) is 5.16. The first kappa shape index (κ1) is 27.3. The number of hydrogen-bond acceptors (Lipinski definition) is 5. The molecule has 0 radical (unpaired) electrons. The Morgan fingerprint density at radius 2 is 1.56 bits per heavy atom. The zero-order chi connectivity index (χ0) is 26.6. The van der Waals surface area contributed by atoms with E-state index in [2.05, 4.69) is 5.32 Å². The Hall–Kier alpha value is -3.29. The third-order valence-corrected chi connectivity index (χ3v) is 6.87. The van der Waals surface area contributed by atoms with Crippen molar-refractivity contribution in [3.63, 3.8) is 0 Å². The molecule has 1 atom stereocenters. The highest BCUT2D eigenvalue weighted by atomic mass is 35.5. The standard InChI is InChI=1S/C27H28Cl2N2O5/c1-15-24(17(3)32)25(16(2)31(15)4)26(33)30-23(27(34)35-5)13-18-9-11-19(12-10-18)36-14-20-21(28)7-6-8-22(20)29/h6-12,23H,13-14H2,1-5H3,(H,30,33)/t23-/m0/s1. The van der Waals surface area contributed by atoms with Gasteiger partial charge in [-0.15, -0.1) is 0 Å². The van der Waals surface area contributed by atoms with Gasteiger partial charge in [0.2, 0.25) is 0 Å². The minimum atomic E-state index is -0.948. The van der Waals surface area contributed by atoms with Gasteiger partial charge >= 0.3 is 5.97 Å². The Morgan fingerprint density at radius 3 is 2.11 bits per heavy atom. The molecule has 1 amide bonds. The van der Waals surface area contributed by atoms with Crippen LogP contribution in [0.1, 0.15) is 50.2 Å². The monoisotopic (exact) mass is 530 g/mol. The number of Topliss-reactive ketones (excluding diaryl/α,β-unsaturated/α-hetero) is 1. The Kier molecular flexibility index (Phi) is 8.82. The third-order valence-electron chi connectivity index (χ3n) is 6.16. The molecule has 9 heteroatoms. The van der Waals surface area contributed by atoms with Crippen molar-refractivity contribution < 1.29 is 23.9 Å². The van der Waals surface area contributed by atoms with Gasteiger partial charge in [0, 0.05) is 40.5 Å². The number of hydrogen-bond donors (Lipinski definition) is 1. The molecule has 1 N–H and O–H groups in total. The number of halogens is 2. The van der Waals surface area contributed by atoms with Crippen LogP contribution in [0.4, 0.5) is 0 Å². The van der Waals surface area contributed by atoms with E-state index in [0.29, 0.717) is 38.3 Å². The Bertz CT molecular complexity index is 1280. The Labute approximate surface area is 220 Å². The lowest BCUT2D eigenvalue weighted by Gasteiger charge is -2.17. The summed E-state index contributed by atoms with van der Waals surface area (Å²) in [6, 6.07) is 11.4. The number of carbonyl (C=O) groups is 3. The molecule has 0 unspecified atom stereocenters. The number of aromatic nitrogens is 1. The maximum Gasteiger partial charge on any atom is 0.328 e. The summed E-state index contributed by atoms with van der Waals surface area (Å²) in [6.07, 6.45) is 0.190. The average molecular weight is 531 g/mol. The van der Waals surface area contributed by atoms with Crippen molar-refractivity contribution in [2.45, 2.75) is 39.8 Å². The van der Waals surface area contributed by atoms with Crippen molar-refractivity contribution in [3.8, 4) is 5.75 Å². The molecular weight excluding hydrogens is 503 g/mol. The first-order chi connectivity index (χ1) is 17.0. The lowest BCUT2D eigenvalue weighted by molar-refractivity contribution is -0.142. The maximum absolute atomic E-state index is 13.2. The average Bonchev–Trinajstić information content (AvgIpc) is 3.07. The highest BCUT2D eigenvalue weighted by Crippen LogP contribution is 2.26. The normalized spacial score (nSPS) is 11.6. The molecule has 0 aliphatic carbocycles. The largest absolute Gasteiger partial charge is 0.489 e. The predicted molar refractivity (Wildman–Crippen MR) is 139 cm³/mol. The van der Waals surface area contributed by atoms with Gasteiger partial charge in [-0.3, -0.25) is 9.59 Å². The van der Waals surface area contributed by atoms with Crippen molar-refractivity contribution in [1.82, 2.24) is 9.88 Å². The number of ketones is 1. The zero-order valence-electron chi connectivity index (χ0n) is 20.8. The fraction of sp³-hybridized carbons (Fsp3) is 0.296. The smallest absolute Gasteiger partial charge is 0.328 e. The predicted octanol–water partition coefficient (Wildman–Crippen LogP) is 5.24. The number of ether oxygens (including phenoxy) is 2. The summed E-state index contributed by atoms with van der Waals surface area (Å²) >= 11 is 12.4. The quantitative estimate of drug-likeness (QED) is 0.301. The van der Waals surface area contributed by atoms with E-state index in [1.807, 2.05) is 0 Å². The Balaban J connectivity index is 1.75. The molecule has 0 spiro atoms. The van der Waals surface area contributed by atoms with Crippen molar-refractivity contribution in [2.75, 3.05) is 7.11 Å². The molecule has 1 aromatic heterocycles. The summed E-state index contributed by atoms with van der Waals surface area (Å²) < 4.78 is 12.5. The Morgan fingerprint density at radius 1 is 0.972 bits per heavy atom. The van der Waals surface area contributed by atoms with E-state index in [4.69, 9.17) is 32.7 Å². The number of esters is 1. The number of carbonyl (C=O) groups excluding carboxylic acids is 3. The van der Waals surface area contributed by atoms with Crippen molar-refractivity contribution in [1.29, 1.82) is 0 Å². The molecule has 7 nitrogen and oxygen atoms in total. The third kappa shape index (κ3) is 5.91. The highest BCUT2D eigenvalue weighted by molar-refractivity contribution is 6.35. The molecule has 190 valence electrons. The van der Waals surface area contributed by atoms with Crippen LogP contribution in [0.3, 0.4) is 0 Å². The van der Waals surface area contributed by atoms with E-state index in [1.54, 1.807) is 67.9 Å². The molecular formula is C27H28Cl2N2O5. The molecule has 0 bridgehead atoms. The second-order valence-corrected chi connectivity index (χ2v) is 9.24. The van der Waals surface area contributed by atoms with Crippen LogP contribution in [0.25, 0.3) is 0 Å². The van der Waals surface area contributed by atoms with Crippen LogP contribution in [-0.2, 0) is 29.6 Å². The minimum Gasteiger partial charge on any atom is -0.489 e. The molecule has 2 aromatic carbocycles. The van der Waals surface area contributed by atoms with E-state index >= 15 is 0 Å². The fourth-order valence-electron chi connectivity index (χ4n) is 4.01. The summed E-state index contributed by atoms with van der Waals surface area (Å²) in [5.41, 5.74) is 3.40. The molecule has 3 rings (SSSR count). The van der Waals surface area contributed by atoms with Crippen LogP contribution in [0, 0.1) is 13.8 Å². The SMILES string of the molecule is COC(=O)[C@H](Cc1ccc(OCc2c(Cl)cccc2Cl)cc1)NC(=O)c1c(C(C)=O)c(C)n(C)c1C. The van der Waals surface area contributed by atoms with E-state index in [-0.39, 0.29) is 24.4 Å². The number of nitrogens with zero attached hydrogens (tertiary/aromatic N) is 1. The van der Waals surface area contributed by atoms with Crippen LogP contribution in [0.15, 0.2) is 42.5 Å². The van der Waals surface area contributed by atoms with Gasteiger partial charge in [-0.1, -0.05) is 41.4 Å². The van der Waals surface area contributed by atoms with Crippen LogP contribution in [-0.4, -0.2) is 35.4 Å². The number of methoxy groups -OCH3 is 1. The molecule has 0 aliphatic rings. The van der Waals surface area contributed by atoms with Crippen LogP contribution in [0.5, 0.6) is 5.75 Å². The molecule has 0 fully saturated rings. The number of rotatable bonds is 9. The molecule has 1 heterocycles. The molecule has 0 saturated heterocycles. The van der Waals surface area contributed by atoms with Crippen molar-refractivity contribution in [3.05, 3.63) is 86.2 Å². The topological polar surface area (TPSA) is 86.6 Å². The van der Waals surface area contributed by atoms with Crippen molar-refractivity contribution >= 4 is 40.9 Å². The number of benzene rings is 2. The summed E-state index contributed by atoms with van der Waals surface area (Å²) in [7, 11) is 3.05. The van der Waals surface area contributed by atoms with E-state index < -0.39 is 17.9 Å². The van der Waals surface area contributed by atoms with Gasteiger partial charge in [0.15, 0.2) is 5.78 Å². The summed E-state index contributed by atoms with van der Waals surface area (Å²) in [5.74, 6) is -0.723. The van der Waals surface area contributed by atoms with Crippen LogP contribution >= 0.6 is 23.2 Å². The van der Waals surface area contributed by atoms with Gasteiger partial charge in [0.25, 0.3) is 5.91 Å². The molecule has 3 aromatic rings. The highest BCUT2D eigenvalue weighted by Gasteiger charge is 2.28. The van der Waals surface area contributed by atoms with E-state index in [9.17, 15) is 14.4 Å². The number of nitrogens with one attached hydrogen (secondary N) is 1. The molecule has 0 saturated carbocycles. The van der Waals surface area contributed by atoms with Gasteiger partial charge in [-0.05, 0) is 50.6 Å². The van der Waals surface area contributed by atoms with E-state index in [1.165, 1.54) is 14.0 Å². The van der Waals surface area contributed by atoms with Crippen molar-refractivity contribution in [2.24, 2.45) is 7.05 Å². The molecule has 0 aliphatic heterocycles. The fourth-order valence-corrected chi connectivity index (χ4v) is 4.51. The van der Waals surface area contributed by atoms with Gasteiger partial charge in [0.1, 0.15) is 18.4 Å². The second-order valence-electron chi connectivity index (χ2n) is 8.42. The van der Waals surface area contributed by atoms with Crippen LogP contribution in [0.2, 0.25) is 10.0 Å².